The molecule has 116 valence electrons. The van der Waals surface area contributed by atoms with Crippen molar-refractivity contribution in [2.45, 2.75) is 58.7 Å². The Morgan fingerprint density at radius 2 is 1.95 bits per heavy atom. The van der Waals surface area contributed by atoms with Gasteiger partial charge < -0.3 is 15.5 Å². The molecule has 0 aliphatic carbocycles. The largest absolute Gasteiger partial charge is 0.465 e. The summed E-state index contributed by atoms with van der Waals surface area (Å²) in [7, 11) is 0. The summed E-state index contributed by atoms with van der Waals surface area (Å²) in [6.45, 7) is 9.74. The Morgan fingerprint density at radius 1 is 1.40 bits per heavy atom. The molecule has 20 heavy (non-hydrogen) atoms. The van der Waals surface area contributed by atoms with Crippen LogP contribution in [0.4, 0.5) is 4.79 Å². The molecule has 0 rings (SSSR count). The van der Waals surface area contributed by atoms with E-state index in [9.17, 15) is 15.0 Å². The topological polar surface area (TPSA) is 96.6 Å². The van der Waals surface area contributed by atoms with Crippen LogP contribution in [0.1, 0.15) is 41.0 Å². The third-order valence-electron chi connectivity index (χ3n) is 2.98. The fourth-order valence-corrected chi connectivity index (χ4v) is 2.26. The highest BCUT2D eigenvalue weighted by molar-refractivity contribution is 5.66. The maximum absolute atomic E-state index is 11.5. The number of aliphatic hydroxyl groups excluding tert-OH is 1. The second-order valence-electron chi connectivity index (χ2n) is 6.38. The molecule has 3 N–H and O–H groups in total. The fraction of sp³-hybridized carbons (Fsp3) is 0.857. The minimum absolute atomic E-state index is 0.133. The zero-order valence-corrected chi connectivity index (χ0v) is 13.1. The molecule has 0 aliphatic heterocycles. The Hall–Kier alpha value is -1.32. The van der Waals surface area contributed by atoms with Crippen molar-refractivity contribution >= 4 is 6.09 Å². The van der Waals surface area contributed by atoms with E-state index in [4.69, 9.17) is 5.26 Å². The average molecular weight is 285 g/mol. The maximum Gasteiger partial charge on any atom is 0.408 e. The smallest absolute Gasteiger partial charge is 0.408 e. The van der Waals surface area contributed by atoms with Crippen molar-refractivity contribution in [2.75, 3.05) is 13.1 Å². The Labute approximate surface area is 121 Å². The van der Waals surface area contributed by atoms with E-state index in [-0.39, 0.29) is 19.0 Å². The first kappa shape index (κ1) is 18.7. The zero-order chi connectivity index (χ0) is 15.9. The van der Waals surface area contributed by atoms with Gasteiger partial charge in [0, 0.05) is 12.1 Å². The number of nitrogens with zero attached hydrogens (tertiary/aromatic N) is 2. The van der Waals surface area contributed by atoms with Crippen LogP contribution in [0.25, 0.3) is 0 Å². The van der Waals surface area contributed by atoms with E-state index < -0.39 is 23.8 Å². The number of rotatable bonds is 7. The molecule has 0 aromatic rings. The van der Waals surface area contributed by atoms with Gasteiger partial charge in [0.05, 0.1) is 24.8 Å². The summed E-state index contributed by atoms with van der Waals surface area (Å²) < 4.78 is 0. The molecule has 0 aromatic carbocycles. The van der Waals surface area contributed by atoms with Gasteiger partial charge in [-0.25, -0.2) is 4.79 Å². The van der Waals surface area contributed by atoms with Gasteiger partial charge >= 0.3 is 6.09 Å². The number of aliphatic hydroxyl groups is 1. The lowest BCUT2D eigenvalue weighted by Gasteiger charge is -2.42. The zero-order valence-electron chi connectivity index (χ0n) is 13.1. The highest BCUT2D eigenvalue weighted by Crippen LogP contribution is 2.24. The van der Waals surface area contributed by atoms with Gasteiger partial charge in [0.25, 0.3) is 0 Å². The molecule has 0 radical (unpaired) electrons. The number of hydrogen-bond donors (Lipinski definition) is 3. The summed E-state index contributed by atoms with van der Waals surface area (Å²) in [4.78, 5) is 12.9. The Bertz CT molecular complexity index is 345. The van der Waals surface area contributed by atoms with Crippen molar-refractivity contribution in [1.29, 1.82) is 5.26 Å². The number of nitriles is 1. The first-order valence-corrected chi connectivity index (χ1v) is 6.89. The quantitative estimate of drug-likeness (QED) is 0.488. The van der Waals surface area contributed by atoms with E-state index in [2.05, 4.69) is 5.32 Å². The normalized spacial score (nSPS) is 14.7. The van der Waals surface area contributed by atoms with Gasteiger partial charge in [-0.1, -0.05) is 13.8 Å². The Morgan fingerprint density at radius 3 is 2.30 bits per heavy atom. The van der Waals surface area contributed by atoms with Crippen molar-refractivity contribution in [3.63, 3.8) is 0 Å². The van der Waals surface area contributed by atoms with Crippen molar-refractivity contribution in [1.82, 2.24) is 10.2 Å². The molecular weight excluding hydrogens is 258 g/mol. The molecule has 1 amide bonds. The monoisotopic (exact) mass is 285 g/mol. The third-order valence-corrected chi connectivity index (χ3v) is 2.98. The fourth-order valence-electron chi connectivity index (χ4n) is 2.26. The van der Waals surface area contributed by atoms with Crippen LogP contribution >= 0.6 is 0 Å². The van der Waals surface area contributed by atoms with Gasteiger partial charge in [-0.3, -0.25) is 4.90 Å². The lowest BCUT2D eigenvalue weighted by Crippen LogP contribution is -2.57. The molecule has 0 heterocycles. The first-order chi connectivity index (χ1) is 9.11. The minimum atomic E-state index is -1.04. The summed E-state index contributed by atoms with van der Waals surface area (Å²) in [6, 6.07) is 1.43. The SMILES string of the molecule is CC(C)C[C@@H]([C@H](O)CNCC#N)N(C(=O)O)C(C)(C)C. The number of carboxylic acid groups (broad SMARTS) is 1. The molecule has 6 nitrogen and oxygen atoms in total. The molecule has 0 saturated carbocycles. The molecule has 0 aromatic heterocycles. The van der Waals surface area contributed by atoms with Crippen LogP contribution in [0.2, 0.25) is 0 Å². The summed E-state index contributed by atoms with van der Waals surface area (Å²) in [5.74, 6) is 0.259. The number of amides is 1. The number of hydrogen-bond acceptors (Lipinski definition) is 4. The van der Waals surface area contributed by atoms with E-state index in [0.717, 1.165) is 0 Å². The lowest BCUT2D eigenvalue weighted by molar-refractivity contribution is -0.000101. The predicted molar refractivity (Wildman–Crippen MR) is 77.3 cm³/mol. The Kier molecular flexibility index (Phi) is 7.54. The van der Waals surface area contributed by atoms with Crippen LogP contribution in [0.15, 0.2) is 0 Å². The molecule has 2 atom stereocenters. The molecule has 0 aliphatic rings. The highest BCUT2D eigenvalue weighted by atomic mass is 16.4. The van der Waals surface area contributed by atoms with Gasteiger partial charge in [-0.05, 0) is 33.1 Å². The second kappa shape index (κ2) is 8.08. The summed E-state index contributed by atoms with van der Waals surface area (Å²) in [5.41, 5.74) is -0.596. The highest BCUT2D eigenvalue weighted by Gasteiger charge is 2.37. The van der Waals surface area contributed by atoms with E-state index in [1.165, 1.54) is 4.90 Å². The van der Waals surface area contributed by atoms with E-state index >= 15 is 0 Å². The summed E-state index contributed by atoms with van der Waals surface area (Å²) >= 11 is 0. The van der Waals surface area contributed by atoms with Crippen molar-refractivity contribution < 1.29 is 15.0 Å². The van der Waals surface area contributed by atoms with Gasteiger partial charge in [0.15, 0.2) is 0 Å². The molecule has 0 unspecified atom stereocenters. The van der Waals surface area contributed by atoms with Crippen molar-refractivity contribution in [3.05, 3.63) is 0 Å². The van der Waals surface area contributed by atoms with E-state index in [0.29, 0.717) is 6.42 Å². The minimum Gasteiger partial charge on any atom is -0.465 e. The van der Waals surface area contributed by atoms with Gasteiger partial charge in [-0.2, -0.15) is 5.26 Å². The predicted octanol–water partition coefficient (Wildman–Crippen LogP) is 1.65. The first-order valence-electron chi connectivity index (χ1n) is 6.89. The van der Waals surface area contributed by atoms with Crippen LogP contribution in [-0.2, 0) is 0 Å². The summed E-state index contributed by atoms with van der Waals surface area (Å²) in [6.07, 6.45) is -1.32. The molecular formula is C14H27N3O3. The third kappa shape index (κ3) is 6.22. The standard InChI is InChI=1S/C14H27N3O3/c1-10(2)8-11(12(18)9-16-7-6-15)17(13(19)20)14(3,4)5/h10-12,16,18H,7-9H2,1-5H3,(H,19,20)/t11-,12+/m0/s1. The van der Waals surface area contributed by atoms with Gasteiger partial charge in [0.1, 0.15) is 0 Å². The van der Waals surface area contributed by atoms with Gasteiger partial charge in [-0.15, -0.1) is 0 Å². The molecule has 0 bridgehead atoms. The van der Waals surface area contributed by atoms with E-state index in [1.54, 1.807) is 0 Å². The second-order valence-corrected chi connectivity index (χ2v) is 6.38. The Balaban J connectivity index is 5.10. The van der Waals surface area contributed by atoms with Crippen LogP contribution < -0.4 is 5.32 Å². The summed E-state index contributed by atoms with van der Waals surface area (Å²) in [5, 5.41) is 31.0. The average Bonchev–Trinajstić information content (AvgIpc) is 2.25. The molecule has 0 saturated heterocycles. The van der Waals surface area contributed by atoms with Gasteiger partial charge in [0.2, 0.25) is 0 Å². The van der Waals surface area contributed by atoms with Crippen LogP contribution in [-0.4, -0.2) is 52.0 Å². The molecule has 0 fully saturated rings. The van der Waals surface area contributed by atoms with Crippen LogP contribution in [0.5, 0.6) is 0 Å². The van der Waals surface area contributed by atoms with Crippen molar-refractivity contribution in [3.8, 4) is 6.07 Å². The molecule has 0 spiro atoms. The van der Waals surface area contributed by atoms with Crippen molar-refractivity contribution in [2.24, 2.45) is 5.92 Å². The molecule has 6 heteroatoms. The van der Waals surface area contributed by atoms with E-state index in [1.807, 2.05) is 40.7 Å². The maximum atomic E-state index is 11.5. The van der Waals surface area contributed by atoms with Crippen LogP contribution in [0, 0.1) is 17.2 Å². The number of nitrogens with one attached hydrogen (secondary N) is 1. The lowest BCUT2D eigenvalue weighted by atomic mass is 9.93. The van der Waals surface area contributed by atoms with Crippen LogP contribution in [0.3, 0.4) is 0 Å². The number of carbonyl (C=O) groups is 1.